The molecule has 1 atom stereocenters. The minimum atomic E-state index is -0.554. The molecule has 0 radical (unpaired) electrons. The Bertz CT molecular complexity index is 213. The Labute approximate surface area is 85.9 Å². The predicted octanol–water partition coefficient (Wildman–Crippen LogP) is 1.64. The molecule has 2 rings (SSSR count). The van der Waals surface area contributed by atoms with Crippen molar-refractivity contribution in [1.29, 1.82) is 0 Å². The highest BCUT2D eigenvalue weighted by Gasteiger charge is 2.47. The number of carbonyl (C=O) groups is 1. The molecule has 74 valence electrons. The lowest BCUT2D eigenvalue weighted by Gasteiger charge is -2.33. The first kappa shape index (κ1) is 9.62. The van der Waals surface area contributed by atoms with Crippen molar-refractivity contribution in [3.8, 4) is 0 Å². The fourth-order valence-electron chi connectivity index (χ4n) is 1.89. The van der Waals surface area contributed by atoms with E-state index in [0.29, 0.717) is 19.6 Å². The molecule has 0 spiro atoms. The zero-order valence-electron chi connectivity index (χ0n) is 7.42. The topological polar surface area (TPSA) is 35.5 Å². The largest absolute Gasteiger partial charge is 0.348 e. The van der Waals surface area contributed by atoms with Gasteiger partial charge in [-0.2, -0.15) is 0 Å². The monoisotopic (exact) mass is 248 g/mol. The van der Waals surface area contributed by atoms with Gasteiger partial charge in [-0.15, -0.1) is 0 Å². The lowest BCUT2D eigenvalue weighted by Crippen LogP contribution is -2.46. The summed E-state index contributed by atoms with van der Waals surface area (Å²) in [7, 11) is 0. The van der Waals surface area contributed by atoms with Crippen LogP contribution in [-0.2, 0) is 14.3 Å². The van der Waals surface area contributed by atoms with Crippen molar-refractivity contribution in [2.75, 3.05) is 13.2 Å². The summed E-state index contributed by atoms with van der Waals surface area (Å²) in [5.74, 6) is 0.227. The minimum Gasteiger partial charge on any atom is -0.348 e. The van der Waals surface area contributed by atoms with Gasteiger partial charge in [-0.1, -0.05) is 22.4 Å². The SMILES string of the molecule is O=C1CCCC[C@@]1(Br)C1OCCO1. The Morgan fingerprint density at radius 3 is 2.62 bits per heavy atom. The predicted molar refractivity (Wildman–Crippen MR) is 50.8 cm³/mol. The quantitative estimate of drug-likeness (QED) is 0.662. The van der Waals surface area contributed by atoms with Gasteiger partial charge >= 0.3 is 0 Å². The molecule has 0 aromatic rings. The van der Waals surface area contributed by atoms with Crippen molar-refractivity contribution in [3.63, 3.8) is 0 Å². The van der Waals surface area contributed by atoms with Crippen LogP contribution in [0.5, 0.6) is 0 Å². The van der Waals surface area contributed by atoms with Crippen molar-refractivity contribution in [2.24, 2.45) is 0 Å². The third-order valence-electron chi connectivity index (χ3n) is 2.65. The summed E-state index contributed by atoms with van der Waals surface area (Å²) in [5.41, 5.74) is 0. The van der Waals surface area contributed by atoms with E-state index >= 15 is 0 Å². The van der Waals surface area contributed by atoms with E-state index in [9.17, 15) is 4.79 Å². The van der Waals surface area contributed by atoms with E-state index in [1.165, 1.54) is 0 Å². The number of rotatable bonds is 1. The van der Waals surface area contributed by atoms with Gasteiger partial charge in [0.15, 0.2) is 12.1 Å². The normalized spacial score (nSPS) is 36.8. The molecule has 2 fully saturated rings. The Morgan fingerprint density at radius 2 is 2.00 bits per heavy atom. The van der Waals surface area contributed by atoms with E-state index in [0.717, 1.165) is 19.3 Å². The standard InChI is InChI=1S/C9H13BrO3/c10-9(8-12-5-6-13-8)4-2-1-3-7(9)11/h8H,1-6H2/t9-/m0/s1. The van der Waals surface area contributed by atoms with Crippen LogP contribution in [0.4, 0.5) is 0 Å². The van der Waals surface area contributed by atoms with Gasteiger partial charge in [0.2, 0.25) is 0 Å². The molecule has 13 heavy (non-hydrogen) atoms. The van der Waals surface area contributed by atoms with Gasteiger partial charge in [0.05, 0.1) is 13.2 Å². The number of hydrogen-bond acceptors (Lipinski definition) is 3. The van der Waals surface area contributed by atoms with Gasteiger partial charge in [-0.05, 0) is 12.8 Å². The zero-order chi connectivity index (χ0) is 9.31. The molecule has 1 heterocycles. The third-order valence-corrected chi connectivity index (χ3v) is 3.87. The summed E-state index contributed by atoms with van der Waals surface area (Å²) in [6.45, 7) is 1.20. The average molecular weight is 249 g/mol. The van der Waals surface area contributed by atoms with E-state index < -0.39 is 4.32 Å². The number of ether oxygens (including phenoxy) is 2. The lowest BCUT2D eigenvalue weighted by atomic mass is 9.87. The van der Waals surface area contributed by atoms with Crippen LogP contribution in [0.1, 0.15) is 25.7 Å². The zero-order valence-corrected chi connectivity index (χ0v) is 9.01. The first-order chi connectivity index (χ1) is 6.23. The Hall–Kier alpha value is 0.0700. The van der Waals surface area contributed by atoms with Gasteiger partial charge in [0, 0.05) is 6.42 Å². The van der Waals surface area contributed by atoms with Crippen molar-refractivity contribution in [1.82, 2.24) is 0 Å². The third kappa shape index (κ3) is 1.67. The number of ketones is 1. The second-order valence-electron chi connectivity index (χ2n) is 3.57. The fraction of sp³-hybridized carbons (Fsp3) is 0.889. The summed E-state index contributed by atoms with van der Waals surface area (Å²) in [5, 5.41) is 0. The first-order valence-corrected chi connectivity index (χ1v) is 5.48. The molecular formula is C9H13BrO3. The minimum absolute atomic E-state index is 0.227. The number of Topliss-reactive ketones (excluding diaryl/α,β-unsaturated/α-hetero) is 1. The number of alkyl halides is 1. The highest BCUT2D eigenvalue weighted by molar-refractivity contribution is 9.10. The molecule has 0 N–H and O–H groups in total. The van der Waals surface area contributed by atoms with Crippen LogP contribution < -0.4 is 0 Å². The van der Waals surface area contributed by atoms with Crippen LogP contribution in [0, 0.1) is 0 Å². The molecule has 1 aliphatic carbocycles. The molecule has 0 aromatic heterocycles. The molecule has 4 heteroatoms. The summed E-state index contributed by atoms with van der Waals surface area (Å²) in [6.07, 6.45) is 3.18. The van der Waals surface area contributed by atoms with Gasteiger partial charge in [-0.25, -0.2) is 0 Å². The molecule has 1 saturated carbocycles. The second-order valence-corrected chi connectivity index (χ2v) is 4.98. The summed E-state index contributed by atoms with van der Waals surface area (Å²) >= 11 is 3.49. The van der Waals surface area contributed by atoms with Gasteiger partial charge in [0.1, 0.15) is 4.32 Å². The smallest absolute Gasteiger partial charge is 0.179 e. The van der Waals surface area contributed by atoms with E-state index in [1.807, 2.05) is 0 Å². The van der Waals surface area contributed by atoms with E-state index in [1.54, 1.807) is 0 Å². The molecule has 1 aliphatic heterocycles. The van der Waals surface area contributed by atoms with Gasteiger partial charge < -0.3 is 9.47 Å². The van der Waals surface area contributed by atoms with Crippen LogP contribution in [0.3, 0.4) is 0 Å². The number of halogens is 1. The molecule has 0 amide bonds. The molecule has 2 aliphatic rings. The number of hydrogen-bond donors (Lipinski definition) is 0. The highest BCUT2D eigenvalue weighted by atomic mass is 79.9. The maximum atomic E-state index is 11.7. The number of carbonyl (C=O) groups excluding carboxylic acids is 1. The Balaban J connectivity index is 2.11. The second kappa shape index (κ2) is 3.67. The maximum absolute atomic E-state index is 11.7. The summed E-state index contributed by atoms with van der Waals surface area (Å²) in [6, 6.07) is 0. The van der Waals surface area contributed by atoms with E-state index in [4.69, 9.17) is 9.47 Å². The van der Waals surface area contributed by atoms with Crippen molar-refractivity contribution >= 4 is 21.7 Å². The Kier molecular flexibility index (Phi) is 2.72. The molecule has 0 unspecified atom stereocenters. The first-order valence-electron chi connectivity index (χ1n) is 4.69. The molecular weight excluding hydrogens is 236 g/mol. The lowest BCUT2D eigenvalue weighted by molar-refractivity contribution is -0.136. The van der Waals surface area contributed by atoms with Crippen LogP contribution in [0.2, 0.25) is 0 Å². The van der Waals surface area contributed by atoms with Gasteiger partial charge in [-0.3, -0.25) is 4.79 Å². The van der Waals surface area contributed by atoms with Crippen LogP contribution in [-0.4, -0.2) is 29.6 Å². The highest BCUT2D eigenvalue weighted by Crippen LogP contribution is 2.39. The van der Waals surface area contributed by atoms with Crippen molar-refractivity contribution in [2.45, 2.75) is 36.3 Å². The van der Waals surface area contributed by atoms with E-state index in [-0.39, 0.29) is 12.1 Å². The summed E-state index contributed by atoms with van der Waals surface area (Å²) in [4.78, 5) is 11.7. The van der Waals surface area contributed by atoms with Crippen LogP contribution in [0.25, 0.3) is 0 Å². The fourth-order valence-corrected chi connectivity index (χ4v) is 2.63. The molecule has 1 saturated heterocycles. The Morgan fingerprint density at radius 1 is 1.31 bits per heavy atom. The average Bonchev–Trinajstić information content (AvgIpc) is 2.63. The molecule has 0 bridgehead atoms. The van der Waals surface area contributed by atoms with E-state index in [2.05, 4.69) is 15.9 Å². The summed E-state index contributed by atoms with van der Waals surface area (Å²) < 4.78 is 10.2. The molecule has 3 nitrogen and oxygen atoms in total. The molecule has 0 aromatic carbocycles. The maximum Gasteiger partial charge on any atom is 0.179 e. The van der Waals surface area contributed by atoms with Gasteiger partial charge in [0.25, 0.3) is 0 Å². The van der Waals surface area contributed by atoms with Crippen LogP contribution >= 0.6 is 15.9 Å². The van der Waals surface area contributed by atoms with Crippen molar-refractivity contribution in [3.05, 3.63) is 0 Å². The van der Waals surface area contributed by atoms with Crippen molar-refractivity contribution < 1.29 is 14.3 Å². The van der Waals surface area contributed by atoms with Crippen LogP contribution in [0.15, 0.2) is 0 Å².